The van der Waals surface area contributed by atoms with Crippen LogP contribution in [0.15, 0.2) is 30.3 Å². The Labute approximate surface area is 202 Å². The van der Waals surface area contributed by atoms with Gasteiger partial charge in [0.05, 0.1) is 23.0 Å². The molecule has 2 heterocycles. The number of fused-ring (bicyclic) bond motifs is 1. The van der Waals surface area contributed by atoms with Crippen molar-refractivity contribution < 1.29 is 28.6 Å². The summed E-state index contributed by atoms with van der Waals surface area (Å²) in [6.45, 7) is 3.49. The molecule has 180 valence electrons. The molecule has 2 aliphatic heterocycles. The summed E-state index contributed by atoms with van der Waals surface area (Å²) in [6, 6.07) is 7.83. The highest BCUT2D eigenvalue weighted by Crippen LogP contribution is 2.37. The van der Waals surface area contributed by atoms with Gasteiger partial charge in [0, 0.05) is 24.7 Å². The van der Waals surface area contributed by atoms with E-state index in [1.165, 1.54) is 6.07 Å². The number of carbonyl (C=O) groups excluding carboxylic acids is 3. The molecular weight excluding hydrogens is 462 g/mol. The lowest BCUT2D eigenvalue weighted by molar-refractivity contribution is -0.134. The zero-order valence-corrected chi connectivity index (χ0v) is 19.6. The molecule has 0 atom stereocenters. The van der Waals surface area contributed by atoms with E-state index in [0.29, 0.717) is 40.8 Å². The van der Waals surface area contributed by atoms with Gasteiger partial charge in [-0.2, -0.15) is 0 Å². The van der Waals surface area contributed by atoms with E-state index in [4.69, 9.17) is 25.8 Å². The third-order valence-corrected chi connectivity index (χ3v) is 5.83. The van der Waals surface area contributed by atoms with Crippen molar-refractivity contribution in [3.63, 3.8) is 0 Å². The first-order chi connectivity index (χ1) is 16.4. The second-order valence-corrected chi connectivity index (χ2v) is 8.35. The molecule has 2 N–H and O–H groups in total. The molecule has 1 saturated heterocycles. The van der Waals surface area contributed by atoms with Gasteiger partial charge in [0.25, 0.3) is 17.7 Å². The first kappa shape index (κ1) is 23.7. The Hall–Kier alpha value is -3.46. The van der Waals surface area contributed by atoms with Crippen LogP contribution in [0.5, 0.6) is 17.2 Å². The SMILES string of the molecule is CCOc1cc(C(=O)Nc2cc3c(cc2Cl)NC(=O)CO3)ccc1OCC(=O)N1CCCCC1. The lowest BCUT2D eigenvalue weighted by Crippen LogP contribution is -2.38. The number of anilines is 2. The summed E-state index contributed by atoms with van der Waals surface area (Å²) in [5.74, 6) is 0.409. The fraction of sp³-hybridized carbons (Fsp3) is 0.375. The molecule has 1 fully saturated rings. The minimum absolute atomic E-state index is 0.0653. The average Bonchev–Trinajstić information content (AvgIpc) is 2.84. The third kappa shape index (κ3) is 5.53. The Balaban J connectivity index is 1.45. The molecule has 34 heavy (non-hydrogen) atoms. The largest absolute Gasteiger partial charge is 0.490 e. The van der Waals surface area contributed by atoms with Crippen LogP contribution in [0.25, 0.3) is 0 Å². The molecule has 10 heteroatoms. The molecule has 0 spiro atoms. The van der Waals surface area contributed by atoms with Gasteiger partial charge < -0.3 is 29.7 Å². The van der Waals surface area contributed by atoms with E-state index in [1.54, 1.807) is 24.3 Å². The number of nitrogens with one attached hydrogen (secondary N) is 2. The molecule has 2 aromatic rings. The van der Waals surface area contributed by atoms with E-state index in [0.717, 1.165) is 32.4 Å². The van der Waals surface area contributed by atoms with Crippen molar-refractivity contribution in [3.8, 4) is 17.2 Å². The number of ether oxygens (including phenoxy) is 3. The number of benzene rings is 2. The second-order valence-electron chi connectivity index (χ2n) is 7.94. The predicted octanol–water partition coefficient (Wildman–Crippen LogP) is 3.71. The predicted molar refractivity (Wildman–Crippen MR) is 127 cm³/mol. The van der Waals surface area contributed by atoms with E-state index in [1.807, 2.05) is 11.8 Å². The summed E-state index contributed by atoms with van der Waals surface area (Å²) in [7, 11) is 0. The first-order valence-corrected chi connectivity index (χ1v) is 11.6. The van der Waals surface area contributed by atoms with Crippen LogP contribution in [0.4, 0.5) is 11.4 Å². The zero-order valence-electron chi connectivity index (χ0n) is 18.8. The number of halogens is 1. The maximum absolute atomic E-state index is 12.9. The van der Waals surface area contributed by atoms with Crippen molar-refractivity contribution in [2.45, 2.75) is 26.2 Å². The van der Waals surface area contributed by atoms with Crippen LogP contribution in [0.1, 0.15) is 36.5 Å². The van der Waals surface area contributed by atoms with Gasteiger partial charge in [0.2, 0.25) is 0 Å². The number of rotatable bonds is 7. The number of nitrogens with zero attached hydrogens (tertiary/aromatic N) is 1. The Morgan fingerprint density at radius 3 is 2.68 bits per heavy atom. The zero-order chi connectivity index (χ0) is 24.1. The van der Waals surface area contributed by atoms with Gasteiger partial charge in [-0.3, -0.25) is 14.4 Å². The number of likely N-dealkylation sites (tertiary alicyclic amines) is 1. The number of piperidine rings is 1. The molecule has 0 radical (unpaired) electrons. The normalized spacial score (nSPS) is 15.0. The van der Waals surface area contributed by atoms with E-state index in [-0.39, 0.29) is 30.1 Å². The summed E-state index contributed by atoms with van der Waals surface area (Å²) >= 11 is 6.28. The Morgan fingerprint density at radius 1 is 1.12 bits per heavy atom. The highest BCUT2D eigenvalue weighted by molar-refractivity contribution is 6.34. The van der Waals surface area contributed by atoms with Crippen molar-refractivity contribution >= 4 is 40.7 Å². The van der Waals surface area contributed by atoms with Gasteiger partial charge in [-0.1, -0.05) is 11.6 Å². The smallest absolute Gasteiger partial charge is 0.262 e. The van der Waals surface area contributed by atoms with Crippen LogP contribution in [-0.4, -0.2) is 55.5 Å². The van der Waals surface area contributed by atoms with Crippen molar-refractivity contribution in [2.24, 2.45) is 0 Å². The van der Waals surface area contributed by atoms with Crippen molar-refractivity contribution in [1.82, 2.24) is 4.90 Å². The van der Waals surface area contributed by atoms with E-state index >= 15 is 0 Å². The topological polar surface area (TPSA) is 106 Å². The molecule has 9 nitrogen and oxygen atoms in total. The fourth-order valence-corrected chi connectivity index (χ4v) is 4.01. The molecule has 3 amide bonds. The van der Waals surface area contributed by atoms with Crippen LogP contribution in [0.2, 0.25) is 5.02 Å². The van der Waals surface area contributed by atoms with Gasteiger partial charge in [-0.15, -0.1) is 0 Å². The lowest BCUT2D eigenvalue weighted by atomic mass is 10.1. The second kappa shape index (κ2) is 10.6. The van der Waals surface area contributed by atoms with Gasteiger partial charge >= 0.3 is 0 Å². The summed E-state index contributed by atoms with van der Waals surface area (Å²) in [5.41, 5.74) is 1.10. The third-order valence-electron chi connectivity index (χ3n) is 5.52. The number of amides is 3. The monoisotopic (exact) mass is 487 g/mol. The van der Waals surface area contributed by atoms with Gasteiger partial charge in [0.1, 0.15) is 5.75 Å². The first-order valence-electron chi connectivity index (χ1n) is 11.2. The number of hydrogen-bond acceptors (Lipinski definition) is 6. The molecule has 0 bridgehead atoms. The van der Waals surface area contributed by atoms with Gasteiger partial charge in [-0.25, -0.2) is 0 Å². The van der Waals surface area contributed by atoms with Crippen molar-refractivity contribution in [1.29, 1.82) is 0 Å². The highest BCUT2D eigenvalue weighted by atomic mass is 35.5. The average molecular weight is 488 g/mol. The summed E-state index contributed by atoms with van der Waals surface area (Å²) in [4.78, 5) is 38.6. The molecular formula is C24H26ClN3O6. The van der Waals surface area contributed by atoms with E-state index in [2.05, 4.69) is 10.6 Å². The highest BCUT2D eigenvalue weighted by Gasteiger charge is 2.21. The van der Waals surface area contributed by atoms with Gasteiger partial charge in [0.15, 0.2) is 24.7 Å². The maximum Gasteiger partial charge on any atom is 0.262 e. The van der Waals surface area contributed by atoms with Crippen LogP contribution >= 0.6 is 11.6 Å². The van der Waals surface area contributed by atoms with E-state index in [9.17, 15) is 14.4 Å². The summed E-state index contributed by atoms with van der Waals surface area (Å²) in [5, 5.41) is 5.66. The van der Waals surface area contributed by atoms with Crippen LogP contribution in [-0.2, 0) is 9.59 Å². The lowest BCUT2D eigenvalue weighted by Gasteiger charge is -2.26. The number of hydrogen-bond donors (Lipinski definition) is 2. The fourth-order valence-electron chi connectivity index (χ4n) is 3.80. The molecule has 2 aromatic carbocycles. The van der Waals surface area contributed by atoms with Crippen molar-refractivity contribution in [2.75, 3.05) is 43.5 Å². The molecule has 2 aliphatic rings. The molecule has 0 aromatic heterocycles. The standard InChI is InChI=1S/C24H26ClN3O6/c1-2-32-21-10-15(6-7-19(21)34-14-23(30)28-8-4-3-5-9-28)24(31)27-17-12-20-18(11-16(17)25)26-22(29)13-33-20/h6-7,10-12H,2-5,8-9,13-14H2,1H3,(H,26,29)(H,27,31). The van der Waals surface area contributed by atoms with Gasteiger partial charge in [-0.05, 0) is 50.5 Å². The maximum atomic E-state index is 12.9. The molecule has 4 rings (SSSR count). The molecule has 0 saturated carbocycles. The Kier molecular flexibility index (Phi) is 7.42. The quantitative estimate of drug-likeness (QED) is 0.616. The number of carbonyl (C=O) groups is 3. The summed E-state index contributed by atoms with van der Waals surface area (Å²) in [6.07, 6.45) is 3.16. The van der Waals surface area contributed by atoms with E-state index < -0.39 is 5.91 Å². The van der Waals surface area contributed by atoms with Crippen LogP contribution in [0, 0.1) is 0 Å². The van der Waals surface area contributed by atoms with Crippen molar-refractivity contribution in [3.05, 3.63) is 40.9 Å². The Bertz CT molecular complexity index is 1100. The minimum atomic E-state index is -0.418. The molecule has 0 aliphatic carbocycles. The van der Waals surface area contributed by atoms with Crippen LogP contribution in [0.3, 0.4) is 0 Å². The minimum Gasteiger partial charge on any atom is -0.490 e. The van der Waals surface area contributed by atoms with Crippen LogP contribution < -0.4 is 24.8 Å². The summed E-state index contributed by atoms with van der Waals surface area (Å²) < 4.78 is 16.8. The Morgan fingerprint density at radius 2 is 1.91 bits per heavy atom. The molecule has 0 unspecified atom stereocenters.